The fraction of sp³-hybridized carbons (Fsp3) is 0.200. The van der Waals surface area contributed by atoms with Crippen molar-refractivity contribution >= 4 is 52.2 Å². The summed E-state index contributed by atoms with van der Waals surface area (Å²) in [6.07, 6.45) is 0.487. The maximum atomic E-state index is 12.9. The standard InChI is InChI=1S/C20H15Cl3N4O4/c21-10-1-2-12(13(22)5-10)19(30)16-8-26(20(31)27(16)9-18(28)29)7-11-6-15-14(24-11)3-4-17(23)25-15/h1-5,8,19,30H,6-7,9H2,(H,28,29). The molecule has 0 aliphatic carbocycles. The Morgan fingerprint density at radius 2 is 1.97 bits per heavy atom. The van der Waals surface area contributed by atoms with Gasteiger partial charge >= 0.3 is 11.7 Å². The number of imidazole rings is 1. The summed E-state index contributed by atoms with van der Waals surface area (Å²) in [6, 6.07) is 7.90. The van der Waals surface area contributed by atoms with Gasteiger partial charge < -0.3 is 10.2 Å². The molecule has 31 heavy (non-hydrogen) atoms. The van der Waals surface area contributed by atoms with E-state index in [-0.39, 0.29) is 17.3 Å². The number of carbonyl (C=O) groups is 1. The Labute approximate surface area is 191 Å². The van der Waals surface area contributed by atoms with E-state index in [0.29, 0.717) is 39.3 Å². The molecule has 3 heterocycles. The summed E-state index contributed by atoms with van der Waals surface area (Å²) in [6.45, 7) is -0.513. The number of rotatable bonds is 6. The smallest absolute Gasteiger partial charge is 0.329 e. The minimum Gasteiger partial charge on any atom is -0.480 e. The Bertz CT molecular complexity index is 1280. The molecule has 2 aromatic heterocycles. The first-order valence-electron chi connectivity index (χ1n) is 9.09. The van der Waals surface area contributed by atoms with Gasteiger partial charge in [0.25, 0.3) is 0 Å². The topological polar surface area (TPSA) is 110 Å². The van der Waals surface area contributed by atoms with Crippen LogP contribution in [0.1, 0.15) is 23.1 Å². The van der Waals surface area contributed by atoms with Crippen LogP contribution in [0.15, 0.2) is 46.3 Å². The summed E-state index contributed by atoms with van der Waals surface area (Å²) in [7, 11) is 0. The van der Waals surface area contributed by atoms with Crippen molar-refractivity contribution in [2.75, 3.05) is 0 Å². The molecule has 0 spiro atoms. The number of aliphatic hydroxyl groups excluding tert-OH is 1. The van der Waals surface area contributed by atoms with Gasteiger partial charge in [0, 0.05) is 33.9 Å². The molecule has 4 rings (SSSR count). The molecule has 0 fully saturated rings. The number of nitrogens with zero attached hydrogens (tertiary/aromatic N) is 4. The SMILES string of the molecule is O=C(O)Cn1c(C(O)c2ccc(Cl)cc2Cl)cn(CC2=Nc3ccc(Cl)nc3C2)c1=O. The lowest BCUT2D eigenvalue weighted by atomic mass is 10.1. The molecular weight excluding hydrogens is 467 g/mol. The normalized spacial score (nSPS) is 13.7. The minimum atomic E-state index is -1.33. The number of fused-ring (bicyclic) bond motifs is 1. The Morgan fingerprint density at radius 1 is 1.19 bits per heavy atom. The lowest BCUT2D eigenvalue weighted by molar-refractivity contribution is -0.137. The number of benzene rings is 1. The van der Waals surface area contributed by atoms with E-state index in [0.717, 1.165) is 4.57 Å². The van der Waals surface area contributed by atoms with Crippen LogP contribution in [-0.4, -0.2) is 36.0 Å². The zero-order chi connectivity index (χ0) is 22.3. The predicted molar refractivity (Wildman–Crippen MR) is 117 cm³/mol. The average molecular weight is 482 g/mol. The van der Waals surface area contributed by atoms with Gasteiger partial charge in [-0.05, 0) is 24.3 Å². The van der Waals surface area contributed by atoms with Crippen molar-refractivity contribution in [1.29, 1.82) is 0 Å². The second-order valence-corrected chi connectivity index (χ2v) is 8.20. The van der Waals surface area contributed by atoms with Crippen molar-refractivity contribution in [1.82, 2.24) is 14.1 Å². The minimum absolute atomic E-state index is 0.0916. The van der Waals surface area contributed by atoms with Crippen LogP contribution in [-0.2, 0) is 24.3 Å². The quantitative estimate of drug-likeness (QED) is 0.524. The van der Waals surface area contributed by atoms with E-state index in [1.165, 1.54) is 22.9 Å². The molecule has 0 saturated heterocycles. The van der Waals surface area contributed by atoms with Crippen molar-refractivity contribution < 1.29 is 15.0 Å². The number of aliphatic carboxylic acids is 1. The first-order chi connectivity index (χ1) is 14.7. The monoisotopic (exact) mass is 480 g/mol. The van der Waals surface area contributed by atoms with Crippen LogP contribution >= 0.6 is 34.8 Å². The van der Waals surface area contributed by atoms with Gasteiger partial charge in [0.15, 0.2) is 0 Å². The summed E-state index contributed by atoms with van der Waals surface area (Å²) in [5, 5.41) is 21.1. The van der Waals surface area contributed by atoms with E-state index in [4.69, 9.17) is 34.8 Å². The highest BCUT2D eigenvalue weighted by molar-refractivity contribution is 6.35. The number of pyridine rings is 1. The van der Waals surface area contributed by atoms with Gasteiger partial charge in [0.2, 0.25) is 0 Å². The first kappa shape index (κ1) is 21.6. The molecule has 0 amide bonds. The molecule has 2 N–H and O–H groups in total. The zero-order valence-electron chi connectivity index (χ0n) is 15.8. The molecule has 1 aliphatic heterocycles. The van der Waals surface area contributed by atoms with E-state index in [1.807, 2.05) is 0 Å². The number of aliphatic hydroxyl groups is 1. The van der Waals surface area contributed by atoms with Crippen LogP contribution in [0.25, 0.3) is 0 Å². The highest BCUT2D eigenvalue weighted by Gasteiger charge is 2.25. The molecule has 0 saturated carbocycles. The molecule has 1 atom stereocenters. The van der Waals surface area contributed by atoms with E-state index in [1.54, 1.807) is 18.2 Å². The first-order valence-corrected chi connectivity index (χ1v) is 10.2. The Kier molecular flexibility index (Phi) is 5.90. The summed E-state index contributed by atoms with van der Waals surface area (Å²) in [4.78, 5) is 33.0. The molecule has 0 radical (unpaired) electrons. The number of aromatic nitrogens is 3. The van der Waals surface area contributed by atoms with Crippen molar-refractivity contribution in [3.63, 3.8) is 0 Å². The molecule has 1 aromatic carbocycles. The summed E-state index contributed by atoms with van der Waals surface area (Å²) < 4.78 is 2.30. The van der Waals surface area contributed by atoms with Crippen LogP contribution in [0, 0.1) is 0 Å². The molecule has 1 aliphatic rings. The summed E-state index contributed by atoms with van der Waals surface area (Å²) in [5.41, 5.74) is 1.83. The fourth-order valence-electron chi connectivity index (χ4n) is 3.45. The van der Waals surface area contributed by atoms with E-state index < -0.39 is 24.3 Å². The van der Waals surface area contributed by atoms with Crippen molar-refractivity contribution in [3.05, 3.63) is 79.2 Å². The maximum absolute atomic E-state index is 12.9. The van der Waals surface area contributed by atoms with Gasteiger partial charge in [-0.15, -0.1) is 0 Å². The van der Waals surface area contributed by atoms with Crippen LogP contribution in [0.4, 0.5) is 5.69 Å². The molecule has 0 bridgehead atoms. The van der Waals surface area contributed by atoms with Crippen LogP contribution < -0.4 is 5.69 Å². The molecular formula is C20H15Cl3N4O4. The van der Waals surface area contributed by atoms with Gasteiger partial charge in [0.1, 0.15) is 17.8 Å². The van der Waals surface area contributed by atoms with E-state index in [9.17, 15) is 19.8 Å². The second kappa shape index (κ2) is 8.47. The van der Waals surface area contributed by atoms with Crippen molar-refractivity contribution in [3.8, 4) is 0 Å². The number of carboxylic acid groups (broad SMARTS) is 1. The van der Waals surface area contributed by atoms with Gasteiger partial charge in [-0.3, -0.25) is 18.9 Å². The van der Waals surface area contributed by atoms with Gasteiger partial charge in [-0.2, -0.15) is 0 Å². The Hall–Kier alpha value is -2.65. The molecule has 11 heteroatoms. The second-order valence-electron chi connectivity index (χ2n) is 6.97. The molecule has 8 nitrogen and oxygen atoms in total. The van der Waals surface area contributed by atoms with Crippen LogP contribution in [0.2, 0.25) is 15.2 Å². The fourth-order valence-corrected chi connectivity index (χ4v) is 4.13. The predicted octanol–water partition coefficient (Wildman–Crippen LogP) is 3.50. The third kappa shape index (κ3) is 4.38. The Balaban J connectivity index is 1.70. The van der Waals surface area contributed by atoms with E-state index in [2.05, 4.69) is 9.98 Å². The summed E-state index contributed by atoms with van der Waals surface area (Å²) in [5.74, 6) is -1.22. The van der Waals surface area contributed by atoms with Gasteiger partial charge in [-0.25, -0.2) is 9.78 Å². The van der Waals surface area contributed by atoms with Gasteiger partial charge in [-0.1, -0.05) is 40.9 Å². The highest BCUT2D eigenvalue weighted by Crippen LogP contribution is 2.31. The van der Waals surface area contributed by atoms with Crippen LogP contribution in [0.5, 0.6) is 0 Å². The van der Waals surface area contributed by atoms with E-state index >= 15 is 0 Å². The van der Waals surface area contributed by atoms with Crippen molar-refractivity contribution in [2.45, 2.75) is 25.6 Å². The highest BCUT2D eigenvalue weighted by atomic mass is 35.5. The van der Waals surface area contributed by atoms with Gasteiger partial charge in [0.05, 0.1) is 23.6 Å². The number of hydrogen-bond acceptors (Lipinski definition) is 5. The Morgan fingerprint density at radius 3 is 2.68 bits per heavy atom. The summed E-state index contributed by atoms with van der Waals surface area (Å²) >= 11 is 18.0. The maximum Gasteiger partial charge on any atom is 0.329 e. The molecule has 3 aromatic rings. The number of halogens is 3. The molecule has 160 valence electrons. The average Bonchev–Trinajstić information content (AvgIpc) is 3.22. The third-order valence-electron chi connectivity index (χ3n) is 4.83. The lowest BCUT2D eigenvalue weighted by Crippen LogP contribution is -2.30. The zero-order valence-corrected chi connectivity index (χ0v) is 18.1. The lowest BCUT2D eigenvalue weighted by Gasteiger charge is -2.14. The number of hydrogen-bond donors (Lipinski definition) is 2. The number of aliphatic imine (C=N–C) groups is 1. The number of carboxylic acids is 1. The van der Waals surface area contributed by atoms with Crippen molar-refractivity contribution in [2.24, 2.45) is 4.99 Å². The largest absolute Gasteiger partial charge is 0.480 e. The molecule has 1 unspecified atom stereocenters. The van der Waals surface area contributed by atoms with Crippen LogP contribution in [0.3, 0.4) is 0 Å². The third-order valence-corrected chi connectivity index (χ3v) is 5.60.